The predicted octanol–water partition coefficient (Wildman–Crippen LogP) is 3.17. The minimum absolute atomic E-state index is 0.0237. The number of aromatic nitrogens is 4. The van der Waals surface area contributed by atoms with Crippen LogP contribution in [0.3, 0.4) is 0 Å². The molecule has 2 fully saturated rings. The number of ether oxygens (including phenoxy) is 1. The predicted molar refractivity (Wildman–Crippen MR) is 134 cm³/mol. The van der Waals surface area contributed by atoms with Crippen LogP contribution in [0.1, 0.15) is 12.8 Å². The maximum atomic E-state index is 14.2. The Kier molecular flexibility index (Phi) is 5.91. The fraction of sp³-hybridized carbons (Fsp3) is 0.308. The van der Waals surface area contributed by atoms with Crippen molar-refractivity contribution in [1.82, 2.24) is 24.6 Å². The Labute approximate surface area is 211 Å². The summed E-state index contributed by atoms with van der Waals surface area (Å²) in [5, 5.41) is 5.01. The maximum Gasteiger partial charge on any atom is 0.251 e. The van der Waals surface area contributed by atoms with E-state index in [9.17, 15) is 13.6 Å². The molecule has 0 aliphatic carbocycles. The van der Waals surface area contributed by atoms with E-state index in [0.29, 0.717) is 66.7 Å². The van der Waals surface area contributed by atoms with E-state index in [-0.39, 0.29) is 17.8 Å². The Hall–Kier alpha value is -4.12. The van der Waals surface area contributed by atoms with Crippen molar-refractivity contribution >= 4 is 28.7 Å². The summed E-state index contributed by atoms with van der Waals surface area (Å²) in [7, 11) is 0. The van der Waals surface area contributed by atoms with Gasteiger partial charge in [-0.2, -0.15) is 4.98 Å². The van der Waals surface area contributed by atoms with Gasteiger partial charge in [-0.1, -0.05) is 18.2 Å². The average Bonchev–Trinajstić information content (AvgIpc) is 3.56. The highest BCUT2D eigenvalue weighted by Gasteiger charge is 2.31. The van der Waals surface area contributed by atoms with Gasteiger partial charge >= 0.3 is 0 Å². The number of anilines is 2. The molecule has 0 unspecified atom stereocenters. The lowest BCUT2D eigenvalue weighted by Crippen LogP contribution is -2.51. The van der Waals surface area contributed by atoms with Crippen LogP contribution >= 0.6 is 0 Å². The molecule has 1 atom stereocenters. The van der Waals surface area contributed by atoms with Gasteiger partial charge < -0.3 is 20.3 Å². The summed E-state index contributed by atoms with van der Waals surface area (Å²) in [4.78, 5) is 26.0. The number of amides is 1. The van der Waals surface area contributed by atoms with Crippen LogP contribution in [0.4, 0.5) is 20.5 Å². The molecule has 4 aromatic rings. The summed E-state index contributed by atoms with van der Waals surface area (Å²) in [5.74, 6) is -0.194. The van der Waals surface area contributed by atoms with E-state index in [2.05, 4.69) is 10.1 Å². The topological polar surface area (TPSA) is 102 Å². The van der Waals surface area contributed by atoms with Gasteiger partial charge in [-0.05, 0) is 43.2 Å². The lowest BCUT2D eigenvalue weighted by Gasteiger charge is -2.35. The van der Waals surface area contributed by atoms with Gasteiger partial charge in [0.15, 0.2) is 5.65 Å². The molecule has 37 heavy (non-hydrogen) atoms. The molecule has 4 heterocycles. The number of piperazine rings is 1. The minimum Gasteiger partial charge on any atom is -0.383 e. The van der Waals surface area contributed by atoms with Gasteiger partial charge in [0.1, 0.15) is 23.6 Å². The van der Waals surface area contributed by atoms with Crippen LogP contribution in [0.5, 0.6) is 0 Å². The van der Waals surface area contributed by atoms with Gasteiger partial charge in [-0.25, -0.2) is 18.4 Å². The van der Waals surface area contributed by atoms with Crippen LogP contribution in [0.2, 0.25) is 0 Å². The number of nitrogens with zero attached hydrogens (tertiary/aromatic N) is 6. The number of nitrogen functional groups attached to an aromatic ring is 1. The number of benzene rings is 2. The van der Waals surface area contributed by atoms with Crippen molar-refractivity contribution in [3.05, 3.63) is 60.2 Å². The quantitative estimate of drug-likeness (QED) is 0.455. The molecule has 190 valence electrons. The number of carbonyl (C=O) groups excluding carboxylic acids is 1. The maximum absolute atomic E-state index is 14.2. The molecule has 2 N–H and O–H groups in total. The fourth-order valence-corrected chi connectivity index (χ4v) is 4.89. The van der Waals surface area contributed by atoms with E-state index in [0.717, 1.165) is 12.8 Å². The van der Waals surface area contributed by atoms with E-state index in [1.54, 1.807) is 24.3 Å². The van der Waals surface area contributed by atoms with Gasteiger partial charge in [0.2, 0.25) is 5.95 Å². The van der Waals surface area contributed by atoms with Crippen LogP contribution in [0.25, 0.3) is 28.0 Å². The number of hydrogen-bond donors (Lipinski definition) is 1. The molecule has 0 bridgehead atoms. The standard InChI is InChI=1S/C26H25F2N7O2/c27-17-5-1-4-16(14-17)22-21-23(29)35(19-7-2-6-18(28)15-19)32-24(21)31-26(30-22)34-11-9-33(10-12-34)25(36)20-8-3-13-37-20/h1-2,4-7,14-15,20H,3,8-13,29H2/t20-/m1/s1. The van der Waals surface area contributed by atoms with Crippen molar-refractivity contribution in [3.8, 4) is 16.9 Å². The SMILES string of the molecule is Nc1c2c(-c3cccc(F)c3)nc(N3CCN(C(=O)[C@H]4CCCO4)CC3)nc2nn1-c1cccc(F)c1. The van der Waals surface area contributed by atoms with Crippen molar-refractivity contribution in [2.75, 3.05) is 43.4 Å². The second-order valence-electron chi connectivity index (χ2n) is 9.17. The second-order valence-corrected chi connectivity index (χ2v) is 9.17. The number of hydrogen-bond acceptors (Lipinski definition) is 7. The molecular weight excluding hydrogens is 480 g/mol. The zero-order chi connectivity index (χ0) is 25.5. The molecule has 0 saturated carbocycles. The Morgan fingerprint density at radius 2 is 1.76 bits per heavy atom. The van der Waals surface area contributed by atoms with Gasteiger partial charge in [-0.3, -0.25) is 4.79 Å². The molecule has 6 rings (SSSR count). The number of carbonyl (C=O) groups is 1. The number of halogens is 2. The molecule has 2 aromatic heterocycles. The Bertz CT molecular complexity index is 1480. The lowest BCUT2D eigenvalue weighted by molar-refractivity contribution is -0.141. The van der Waals surface area contributed by atoms with Crippen LogP contribution in [-0.2, 0) is 9.53 Å². The third-order valence-corrected chi connectivity index (χ3v) is 6.79. The highest BCUT2D eigenvalue weighted by atomic mass is 19.1. The molecule has 2 aliphatic rings. The van der Waals surface area contributed by atoms with Crippen molar-refractivity contribution in [1.29, 1.82) is 0 Å². The lowest BCUT2D eigenvalue weighted by atomic mass is 10.1. The second kappa shape index (κ2) is 9.40. The van der Waals surface area contributed by atoms with E-state index in [1.165, 1.54) is 28.9 Å². The monoisotopic (exact) mass is 505 g/mol. The van der Waals surface area contributed by atoms with Crippen LogP contribution in [0, 0.1) is 11.6 Å². The summed E-state index contributed by atoms with van der Waals surface area (Å²) in [6.45, 7) is 2.68. The first kappa shape index (κ1) is 23.3. The third kappa shape index (κ3) is 4.35. The van der Waals surface area contributed by atoms with E-state index < -0.39 is 11.6 Å². The summed E-state index contributed by atoms with van der Waals surface area (Å²) in [5.41, 5.74) is 8.16. The zero-order valence-corrected chi connectivity index (χ0v) is 20.0. The van der Waals surface area contributed by atoms with Crippen molar-refractivity contribution in [3.63, 3.8) is 0 Å². The van der Waals surface area contributed by atoms with Crippen molar-refractivity contribution in [2.24, 2.45) is 0 Å². The number of rotatable bonds is 4. The van der Waals surface area contributed by atoms with E-state index >= 15 is 0 Å². The molecule has 2 saturated heterocycles. The molecule has 2 aromatic carbocycles. The first-order valence-corrected chi connectivity index (χ1v) is 12.2. The number of nitrogens with two attached hydrogens (primary N) is 1. The molecule has 9 nitrogen and oxygen atoms in total. The normalized spacial score (nSPS) is 18.1. The fourth-order valence-electron chi connectivity index (χ4n) is 4.89. The third-order valence-electron chi connectivity index (χ3n) is 6.79. The Balaban J connectivity index is 1.38. The van der Waals surface area contributed by atoms with Gasteiger partial charge in [0.05, 0.1) is 16.8 Å². The minimum atomic E-state index is -0.427. The van der Waals surface area contributed by atoms with Crippen molar-refractivity contribution in [2.45, 2.75) is 18.9 Å². The molecule has 1 amide bonds. The van der Waals surface area contributed by atoms with Crippen LogP contribution < -0.4 is 10.6 Å². The summed E-state index contributed by atoms with van der Waals surface area (Å²) in [6, 6.07) is 12.0. The van der Waals surface area contributed by atoms with Gasteiger partial charge in [0, 0.05) is 38.3 Å². The molecule has 0 spiro atoms. The summed E-state index contributed by atoms with van der Waals surface area (Å²) < 4.78 is 35.1. The summed E-state index contributed by atoms with van der Waals surface area (Å²) >= 11 is 0. The van der Waals surface area contributed by atoms with Gasteiger partial charge in [-0.15, -0.1) is 5.10 Å². The van der Waals surface area contributed by atoms with Crippen LogP contribution in [0.15, 0.2) is 48.5 Å². The molecule has 2 aliphatic heterocycles. The van der Waals surface area contributed by atoms with E-state index in [1.807, 2.05) is 9.80 Å². The average molecular weight is 506 g/mol. The summed E-state index contributed by atoms with van der Waals surface area (Å²) in [6.07, 6.45) is 1.30. The molecule has 11 heteroatoms. The Morgan fingerprint density at radius 1 is 1.00 bits per heavy atom. The Morgan fingerprint density at radius 3 is 2.46 bits per heavy atom. The van der Waals surface area contributed by atoms with Crippen molar-refractivity contribution < 1.29 is 18.3 Å². The zero-order valence-electron chi connectivity index (χ0n) is 20.0. The van der Waals surface area contributed by atoms with Crippen LogP contribution in [-0.4, -0.2) is 69.4 Å². The van der Waals surface area contributed by atoms with Gasteiger partial charge in [0.25, 0.3) is 5.91 Å². The van der Waals surface area contributed by atoms with E-state index in [4.69, 9.17) is 15.5 Å². The first-order chi connectivity index (χ1) is 18.0. The molecule has 0 radical (unpaired) electrons. The highest BCUT2D eigenvalue weighted by Crippen LogP contribution is 2.34. The smallest absolute Gasteiger partial charge is 0.251 e. The number of fused-ring (bicyclic) bond motifs is 1. The largest absolute Gasteiger partial charge is 0.383 e. The first-order valence-electron chi connectivity index (χ1n) is 12.2. The molecular formula is C26H25F2N7O2. The highest BCUT2D eigenvalue weighted by molar-refractivity contribution is 5.99.